The molecule has 1 amide bonds. The molecular formula is C54H105NO8. The van der Waals surface area contributed by atoms with Gasteiger partial charge in [-0.2, -0.15) is 0 Å². The van der Waals surface area contributed by atoms with Crippen LogP contribution in [0.4, 0.5) is 0 Å². The molecule has 1 aliphatic heterocycles. The zero-order valence-corrected chi connectivity index (χ0v) is 41.4. The average molecular weight is 896 g/mol. The third kappa shape index (κ3) is 34.8. The van der Waals surface area contributed by atoms with Gasteiger partial charge in [-0.25, -0.2) is 0 Å². The lowest BCUT2D eigenvalue weighted by Crippen LogP contribution is -2.60. The molecule has 1 aliphatic rings. The van der Waals surface area contributed by atoms with Crippen LogP contribution in [-0.2, 0) is 14.3 Å². The van der Waals surface area contributed by atoms with Gasteiger partial charge in [-0.15, -0.1) is 0 Å². The first-order valence-electron chi connectivity index (χ1n) is 27.4. The van der Waals surface area contributed by atoms with E-state index in [9.17, 15) is 30.3 Å². The molecule has 9 nitrogen and oxygen atoms in total. The fraction of sp³-hybridized carbons (Fsp3) is 0.944. The van der Waals surface area contributed by atoms with Crippen LogP contribution in [0.15, 0.2) is 12.2 Å². The lowest BCUT2D eigenvalue weighted by atomic mass is 9.99. The summed E-state index contributed by atoms with van der Waals surface area (Å²) in [5.41, 5.74) is 0. The second-order valence-corrected chi connectivity index (χ2v) is 19.4. The third-order valence-electron chi connectivity index (χ3n) is 13.4. The molecule has 7 atom stereocenters. The van der Waals surface area contributed by atoms with Crippen LogP contribution in [-0.4, -0.2) is 87.5 Å². The van der Waals surface area contributed by atoms with Gasteiger partial charge >= 0.3 is 0 Å². The smallest absolute Gasteiger partial charge is 0.220 e. The second-order valence-electron chi connectivity index (χ2n) is 19.4. The molecule has 0 aromatic carbocycles. The van der Waals surface area contributed by atoms with E-state index in [4.69, 9.17) is 9.47 Å². The van der Waals surface area contributed by atoms with Crippen molar-refractivity contribution in [2.45, 2.75) is 314 Å². The Morgan fingerprint density at radius 3 is 1.24 bits per heavy atom. The molecule has 7 unspecified atom stereocenters. The van der Waals surface area contributed by atoms with Crippen LogP contribution in [0.25, 0.3) is 0 Å². The Morgan fingerprint density at radius 2 is 0.873 bits per heavy atom. The predicted octanol–water partition coefficient (Wildman–Crippen LogP) is 12.8. The number of aliphatic hydroxyl groups is 5. The van der Waals surface area contributed by atoms with Crippen molar-refractivity contribution in [3.8, 4) is 0 Å². The SMILES string of the molecule is CCCCCCCCCCC/C=C/C(O)C(COC1OC(CO)C(O)C(O)C1O)NC(=O)CCCCCCCCCCCCCCCCCCCCCCCCCCCCCCC. The van der Waals surface area contributed by atoms with Crippen molar-refractivity contribution in [2.75, 3.05) is 13.2 Å². The summed E-state index contributed by atoms with van der Waals surface area (Å²) in [7, 11) is 0. The largest absolute Gasteiger partial charge is 0.394 e. The Hall–Kier alpha value is -1.07. The maximum atomic E-state index is 13.0. The van der Waals surface area contributed by atoms with Crippen LogP contribution in [0.5, 0.6) is 0 Å². The number of carbonyl (C=O) groups is 1. The summed E-state index contributed by atoms with van der Waals surface area (Å²) in [6, 6.07) is -0.798. The number of hydrogen-bond acceptors (Lipinski definition) is 8. The first-order chi connectivity index (χ1) is 30.8. The highest BCUT2D eigenvalue weighted by Crippen LogP contribution is 2.23. The number of ether oxygens (including phenoxy) is 2. The van der Waals surface area contributed by atoms with Gasteiger partial charge < -0.3 is 40.3 Å². The fourth-order valence-electron chi connectivity index (χ4n) is 8.98. The molecule has 1 fully saturated rings. The van der Waals surface area contributed by atoms with E-state index >= 15 is 0 Å². The number of unbranched alkanes of at least 4 members (excludes halogenated alkanes) is 37. The van der Waals surface area contributed by atoms with Gasteiger partial charge in [0.25, 0.3) is 0 Å². The van der Waals surface area contributed by atoms with Crippen molar-refractivity contribution < 1.29 is 39.8 Å². The Bertz CT molecular complexity index is 997. The molecule has 1 saturated heterocycles. The minimum Gasteiger partial charge on any atom is -0.394 e. The Morgan fingerprint density at radius 1 is 0.524 bits per heavy atom. The number of amides is 1. The van der Waals surface area contributed by atoms with E-state index in [-0.39, 0.29) is 12.5 Å². The van der Waals surface area contributed by atoms with E-state index in [0.717, 1.165) is 38.5 Å². The van der Waals surface area contributed by atoms with Crippen molar-refractivity contribution in [3.63, 3.8) is 0 Å². The molecule has 0 aliphatic carbocycles. The quantitative estimate of drug-likeness (QED) is 0.0261. The van der Waals surface area contributed by atoms with Crippen LogP contribution < -0.4 is 5.32 Å². The number of rotatable bonds is 47. The minimum absolute atomic E-state index is 0.172. The average Bonchev–Trinajstić information content (AvgIpc) is 3.28. The molecule has 374 valence electrons. The summed E-state index contributed by atoms with van der Waals surface area (Å²) in [4.78, 5) is 13.0. The highest BCUT2D eigenvalue weighted by molar-refractivity contribution is 5.76. The van der Waals surface area contributed by atoms with E-state index in [0.29, 0.717) is 6.42 Å². The summed E-state index contributed by atoms with van der Waals surface area (Å²) in [5, 5.41) is 54.2. The van der Waals surface area contributed by atoms with Gasteiger partial charge in [0.05, 0.1) is 25.4 Å². The molecule has 0 spiro atoms. The predicted molar refractivity (Wildman–Crippen MR) is 263 cm³/mol. The van der Waals surface area contributed by atoms with Crippen molar-refractivity contribution in [1.29, 1.82) is 0 Å². The zero-order valence-electron chi connectivity index (χ0n) is 41.4. The second kappa shape index (κ2) is 44.7. The summed E-state index contributed by atoms with van der Waals surface area (Å²) >= 11 is 0. The molecule has 0 aromatic rings. The Labute approximate surface area is 388 Å². The first-order valence-corrected chi connectivity index (χ1v) is 27.4. The number of nitrogens with one attached hydrogen (secondary N) is 1. The third-order valence-corrected chi connectivity index (χ3v) is 13.4. The lowest BCUT2D eigenvalue weighted by Gasteiger charge is -2.40. The van der Waals surface area contributed by atoms with E-state index < -0.39 is 49.5 Å². The standard InChI is InChI=1S/C54H105NO8/c1-3-5-7-9-11-13-15-16-17-18-19-20-21-22-23-24-25-26-27-28-29-30-31-32-34-36-38-40-42-44-50(58)55-47(46-62-54-53(61)52(60)51(59)49(45-56)63-54)48(57)43-41-39-37-35-33-14-12-10-8-6-4-2/h41,43,47-49,51-54,56-57,59-61H,3-40,42,44-46H2,1-2H3,(H,55,58)/b43-41+. The maximum Gasteiger partial charge on any atom is 0.220 e. The monoisotopic (exact) mass is 896 g/mol. The number of allylic oxidation sites excluding steroid dienone is 1. The highest BCUT2D eigenvalue weighted by atomic mass is 16.7. The van der Waals surface area contributed by atoms with Crippen molar-refractivity contribution in [1.82, 2.24) is 5.32 Å². The lowest BCUT2D eigenvalue weighted by molar-refractivity contribution is -0.302. The minimum atomic E-state index is -1.56. The molecule has 1 heterocycles. The summed E-state index contributed by atoms with van der Waals surface area (Å²) in [5.74, 6) is -0.172. The normalized spacial score (nSPS) is 20.1. The molecule has 6 N–H and O–H groups in total. The molecule has 0 saturated carbocycles. The van der Waals surface area contributed by atoms with Crippen LogP contribution in [0.2, 0.25) is 0 Å². The number of carbonyl (C=O) groups excluding carboxylic acids is 1. The van der Waals surface area contributed by atoms with Gasteiger partial charge in [0.1, 0.15) is 24.4 Å². The van der Waals surface area contributed by atoms with Crippen LogP contribution in [0.1, 0.15) is 271 Å². The van der Waals surface area contributed by atoms with Crippen molar-refractivity contribution in [2.24, 2.45) is 0 Å². The Balaban J connectivity index is 2.12. The zero-order chi connectivity index (χ0) is 45.9. The van der Waals surface area contributed by atoms with E-state index in [1.165, 1.54) is 212 Å². The van der Waals surface area contributed by atoms with Gasteiger partial charge in [-0.05, 0) is 19.3 Å². The fourth-order valence-corrected chi connectivity index (χ4v) is 8.98. The van der Waals surface area contributed by atoms with E-state index in [1.807, 2.05) is 6.08 Å². The molecule has 0 radical (unpaired) electrons. The van der Waals surface area contributed by atoms with E-state index in [2.05, 4.69) is 19.2 Å². The Kier molecular flexibility index (Phi) is 42.6. The highest BCUT2D eigenvalue weighted by Gasteiger charge is 2.44. The molecule has 1 rings (SSSR count). The number of aliphatic hydroxyl groups excluding tert-OH is 5. The molecular weight excluding hydrogens is 791 g/mol. The van der Waals surface area contributed by atoms with Gasteiger partial charge in [0.2, 0.25) is 5.91 Å². The first kappa shape index (κ1) is 59.9. The van der Waals surface area contributed by atoms with Gasteiger partial charge in [-0.3, -0.25) is 4.79 Å². The van der Waals surface area contributed by atoms with Gasteiger partial charge in [0.15, 0.2) is 6.29 Å². The summed E-state index contributed by atoms with van der Waals surface area (Å²) < 4.78 is 11.2. The number of hydrogen-bond donors (Lipinski definition) is 6. The maximum absolute atomic E-state index is 13.0. The van der Waals surface area contributed by atoms with Gasteiger partial charge in [0, 0.05) is 6.42 Å². The molecule has 63 heavy (non-hydrogen) atoms. The van der Waals surface area contributed by atoms with Gasteiger partial charge in [-0.1, -0.05) is 257 Å². The van der Waals surface area contributed by atoms with Crippen molar-refractivity contribution >= 4 is 5.91 Å². The van der Waals surface area contributed by atoms with Crippen LogP contribution in [0, 0.1) is 0 Å². The molecule has 9 heteroatoms. The topological polar surface area (TPSA) is 149 Å². The molecule has 0 bridgehead atoms. The molecule has 0 aromatic heterocycles. The van der Waals surface area contributed by atoms with E-state index in [1.54, 1.807) is 6.08 Å². The van der Waals surface area contributed by atoms with Crippen LogP contribution >= 0.6 is 0 Å². The summed E-state index contributed by atoms with van der Waals surface area (Å²) in [6.45, 7) is 3.79. The van der Waals surface area contributed by atoms with Crippen LogP contribution in [0.3, 0.4) is 0 Å². The van der Waals surface area contributed by atoms with Crippen molar-refractivity contribution in [3.05, 3.63) is 12.2 Å². The summed E-state index contributed by atoms with van der Waals surface area (Å²) in [6.07, 6.45) is 47.2.